The van der Waals surface area contributed by atoms with Crippen molar-refractivity contribution in [3.05, 3.63) is 72.0 Å². The van der Waals surface area contributed by atoms with Crippen molar-refractivity contribution in [3.8, 4) is 12.8 Å². The summed E-state index contributed by atoms with van der Waals surface area (Å²) in [5, 5.41) is 0. The van der Waals surface area contributed by atoms with Crippen molar-refractivity contribution in [3.63, 3.8) is 0 Å². The van der Waals surface area contributed by atoms with Crippen molar-refractivity contribution < 1.29 is 0 Å². The SMILES string of the molecule is C#C.C=CN.CCC(C)c1ccc(CCC2=CCCC=C2)cc1.CCCCC.CCCCCC.CCN.CN. The molecule has 2 rings (SSSR count). The molecule has 0 spiro atoms. The normalized spacial score (nSPS) is 11.0. The van der Waals surface area contributed by atoms with Gasteiger partial charge in [-0.05, 0) is 68.9 Å². The summed E-state index contributed by atoms with van der Waals surface area (Å²) in [6.45, 7) is 19.2. The van der Waals surface area contributed by atoms with Crippen molar-refractivity contribution >= 4 is 0 Å². The monoisotopic (exact) mass is 544 g/mol. The molecular weight excluding hydrogens is 474 g/mol. The number of nitrogens with two attached hydrogens (primary N) is 3. The average molecular weight is 544 g/mol. The predicted molar refractivity (Wildman–Crippen MR) is 184 cm³/mol. The van der Waals surface area contributed by atoms with E-state index >= 15 is 0 Å². The molecule has 0 amide bonds. The molecule has 1 aliphatic rings. The first kappa shape index (κ1) is 46.6. The smallest absolute Gasteiger partial charge is 0.0106 e. The van der Waals surface area contributed by atoms with Crippen molar-refractivity contribution in [2.24, 2.45) is 17.2 Å². The van der Waals surface area contributed by atoms with Crippen LogP contribution in [0.1, 0.15) is 136 Å². The second-order valence-electron chi connectivity index (χ2n) is 9.01. The van der Waals surface area contributed by atoms with Gasteiger partial charge in [0, 0.05) is 0 Å². The number of benzene rings is 1. The molecule has 1 aromatic carbocycles. The Kier molecular flexibility index (Phi) is 54.5. The van der Waals surface area contributed by atoms with Gasteiger partial charge in [0.25, 0.3) is 0 Å². The van der Waals surface area contributed by atoms with Gasteiger partial charge in [0.2, 0.25) is 0 Å². The predicted octanol–water partition coefficient (Wildman–Crippen LogP) is 10.1. The van der Waals surface area contributed by atoms with E-state index in [2.05, 4.69) is 115 Å². The van der Waals surface area contributed by atoms with Crippen LogP contribution < -0.4 is 17.2 Å². The quantitative estimate of drug-likeness (QED) is 0.203. The lowest BCUT2D eigenvalue weighted by Crippen LogP contribution is -1.93. The molecule has 39 heavy (non-hydrogen) atoms. The lowest BCUT2D eigenvalue weighted by Gasteiger charge is -2.10. The fraction of sp³-hybridized carbons (Fsp3) is 0.611. The van der Waals surface area contributed by atoms with Crippen molar-refractivity contribution in [2.75, 3.05) is 13.6 Å². The van der Waals surface area contributed by atoms with Crippen molar-refractivity contribution in [1.29, 1.82) is 0 Å². The second kappa shape index (κ2) is 45.6. The Labute approximate surface area is 246 Å². The first-order valence-electron chi connectivity index (χ1n) is 15.3. The second-order valence-corrected chi connectivity index (χ2v) is 9.01. The van der Waals surface area contributed by atoms with Crippen molar-refractivity contribution in [1.82, 2.24) is 0 Å². The Bertz CT molecular complexity index is 620. The third-order valence-corrected chi connectivity index (χ3v) is 5.60. The van der Waals surface area contributed by atoms with Gasteiger partial charge in [0.1, 0.15) is 0 Å². The molecule has 228 valence electrons. The Hall–Kier alpha value is -2.28. The van der Waals surface area contributed by atoms with E-state index in [-0.39, 0.29) is 0 Å². The molecule has 0 aromatic heterocycles. The maximum Gasteiger partial charge on any atom is -0.0106 e. The number of terminal acetylenes is 1. The van der Waals surface area contributed by atoms with Crippen LogP contribution in [0.3, 0.4) is 0 Å². The first-order valence-corrected chi connectivity index (χ1v) is 15.3. The summed E-state index contributed by atoms with van der Waals surface area (Å²) < 4.78 is 0. The molecule has 0 fully saturated rings. The van der Waals surface area contributed by atoms with Crippen LogP contribution >= 0.6 is 0 Å². The highest BCUT2D eigenvalue weighted by atomic mass is 14.5. The van der Waals surface area contributed by atoms with E-state index in [0.29, 0.717) is 5.92 Å². The molecular formula is C36H69N3. The zero-order valence-electron chi connectivity index (χ0n) is 27.5. The Morgan fingerprint density at radius 3 is 1.56 bits per heavy atom. The molecule has 1 aromatic rings. The van der Waals surface area contributed by atoms with Gasteiger partial charge in [-0.2, -0.15) is 0 Å². The van der Waals surface area contributed by atoms with Gasteiger partial charge < -0.3 is 17.2 Å². The molecule has 0 aliphatic heterocycles. The molecule has 1 unspecified atom stereocenters. The number of rotatable bonds is 10. The molecule has 0 saturated carbocycles. The minimum Gasteiger partial charge on any atom is -0.405 e. The number of allylic oxidation sites excluding steroid dienone is 4. The Balaban J connectivity index is -0.000000152. The standard InChI is InChI=1S/C18H24.C6H14.C5H12.C2H7N.C2H5N.C2H2.CH5N/c1-3-15(2)18-13-11-17(12-14-18)10-9-16-7-5-4-6-8-16;1-3-5-6-4-2;1-3-5-4-2;2*1-2-3;2*1-2/h5,7-8,11-15H,3-4,6,9-10H2,1-2H3;3-6H2,1-2H3;3-5H2,1-2H3;2-3H2,1H3;2H,1,3H2;1-2H;2H2,1H3. The molecule has 0 bridgehead atoms. The van der Waals surface area contributed by atoms with Gasteiger partial charge in [-0.1, -0.05) is 148 Å². The first-order chi connectivity index (χ1) is 18.9. The highest BCUT2D eigenvalue weighted by Crippen LogP contribution is 2.20. The zero-order chi connectivity index (χ0) is 31.2. The molecule has 0 heterocycles. The topological polar surface area (TPSA) is 78.1 Å². The summed E-state index contributed by atoms with van der Waals surface area (Å²) in [6.07, 6.45) is 31.8. The van der Waals surface area contributed by atoms with E-state index in [1.807, 2.05) is 6.92 Å². The number of hydrogen-bond donors (Lipinski definition) is 3. The average Bonchev–Trinajstić information content (AvgIpc) is 2.99. The highest BCUT2D eigenvalue weighted by molar-refractivity contribution is 5.28. The highest BCUT2D eigenvalue weighted by Gasteiger charge is 2.03. The van der Waals surface area contributed by atoms with Gasteiger partial charge in [-0.3, -0.25) is 0 Å². The summed E-state index contributed by atoms with van der Waals surface area (Å²) in [4.78, 5) is 0. The zero-order valence-corrected chi connectivity index (χ0v) is 27.5. The summed E-state index contributed by atoms with van der Waals surface area (Å²) in [5.74, 6) is 0.683. The van der Waals surface area contributed by atoms with E-state index in [4.69, 9.17) is 5.73 Å². The van der Waals surface area contributed by atoms with E-state index in [0.717, 1.165) is 13.0 Å². The van der Waals surface area contributed by atoms with Crippen LogP contribution in [0.5, 0.6) is 0 Å². The fourth-order valence-corrected chi connectivity index (χ4v) is 3.24. The summed E-state index contributed by atoms with van der Waals surface area (Å²) in [6, 6.07) is 9.20. The van der Waals surface area contributed by atoms with Crippen LogP contribution in [-0.2, 0) is 6.42 Å². The molecule has 1 aliphatic carbocycles. The molecule has 1 atom stereocenters. The molecule has 3 heteroatoms. The van der Waals surface area contributed by atoms with Gasteiger partial charge in [-0.15, -0.1) is 12.8 Å². The van der Waals surface area contributed by atoms with E-state index in [1.54, 1.807) is 0 Å². The summed E-state index contributed by atoms with van der Waals surface area (Å²) in [5.41, 5.74) is 18.4. The third-order valence-electron chi connectivity index (χ3n) is 5.60. The van der Waals surface area contributed by atoms with Crippen LogP contribution in [0.25, 0.3) is 0 Å². The summed E-state index contributed by atoms with van der Waals surface area (Å²) >= 11 is 0. The van der Waals surface area contributed by atoms with Gasteiger partial charge in [0.15, 0.2) is 0 Å². The number of aryl methyl sites for hydroxylation is 1. The van der Waals surface area contributed by atoms with E-state index in [1.165, 1.54) is 101 Å². The van der Waals surface area contributed by atoms with Crippen LogP contribution in [0.4, 0.5) is 0 Å². The van der Waals surface area contributed by atoms with Crippen molar-refractivity contribution in [2.45, 2.75) is 131 Å². The lowest BCUT2D eigenvalue weighted by atomic mass is 9.95. The largest absolute Gasteiger partial charge is 0.405 e. The number of hydrogen-bond acceptors (Lipinski definition) is 3. The Morgan fingerprint density at radius 2 is 1.26 bits per heavy atom. The van der Waals surface area contributed by atoms with E-state index in [9.17, 15) is 0 Å². The molecule has 0 saturated heterocycles. The minimum absolute atomic E-state index is 0.683. The van der Waals surface area contributed by atoms with Gasteiger partial charge in [0.05, 0.1) is 0 Å². The van der Waals surface area contributed by atoms with E-state index < -0.39 is 0 Å². The summed E-state index contributed by atoms with van der Waals surface area (Å²) in [7, 11) is 1.50. The third kappa shape index (κ3) is 40.4. The molecule has 3 nitrogen and oxygen atoms in total. The van der Waals surface area contributed by atoms with Gasteiger partial charge >= 0.3 is 0 Å². The minimum atomic E-state index is 0.683. The molecule has 6 N–H and O–H groups in total. The maximum absolute atomic E-state index is 4.85. The Morgan fingerprint density at radius 1 is 0.821 bits per heavy atom. The van der Waals surface area contributed by atoms with Crippen LogP contribution in [0.15, 0.2) is 60.8 Å². The maximum atomic E-state index is 4.85. The lowest BCUT2D eigenvalue weighted by molar-refractivity contribution is 0.702. The molecule has 0 radical (unpaired) electrons. The fourth-order valence-electron chi connectivity index (χ4n) is 3.24. The van der Waals surface area contributed by atoms with Gasteiger partial charge in [-0.25, -0.2) is 0 Å². The van der Waals surface area contributed by atoms with Crippen LogP contribution in [0, 0.1) is 12.8 Å². The van der Waals surface area contributed by atoms with Crippen LogP contribution in [0.2, 0.25) is 0 Å². The van der Waals surface area contributed by atoms with Crippen LogP contribution in [-0.4, -0.2) is 13.6 Å². The number of unbranched alkanes of at least 4 members (excludes halogenated alkanes) is 5.